The number of amides is 1. The molecule has 102 valence electrons. The molecule has 2 aromatic rings. The van der Waals surface area contributed by atoms with Crippen LogP contribution in [0.25, 0.3) is 0 Å². The summed E-state index contributed by atoms with van der Waals surface area (Å²) < 4.78 is 6.13. The van der Waals surface area contributed by atoms with Crippen molar-refractivity contribution in [1.29, 1.82) is 0 Å². The van der Waals surface area contributed by atoms with Gasteiger partial charge in [-0.3, -0.25) is 4.79 Å². The Morgan fingerprint density at radius 2 is 2.32 bits per heavy atom. The Bertz CT molecular complexity index is 567. The number of furan rings is 1. The fourth-order valence-electron chi connectivity index (χ4n) is 1.40. The highest BCUT2D eigenvalue weighted by Gasteiger charge is 2.13. The molecule has 0 bridgehead atoms. The summed E-state index contributed by atoms with van der Waals surface area (Å²) in [6.07, 6.45) is 0. The zero-order valence-corrected chi connectivity index (χ0v) is 12.3. The molecule has 0 unspecified atom stereocenters. The molecule has 2 rings (SSSR count). The van der Waals surface area contributed by atoms with Gasteiger partial charge in [0.2, 0.25) is 11.0 Å². The molecule has 2 heterocycles. The number of carbonyl (C=O) groups is 1. The molecule has 0 fully saturated rings. The molecule has 0 saturated carbocycles. The van der Waals surface area contributed by atoms with E-state index in [4.69, 9.17) is 10.2 Å². The van der Waals surface area contributed by atoms with E-state index in [0.717, 1.165) is 11.5 Å². The molecule has 0 radical (unpaired) electrons. The topological polar surface area (TPSA) is 85.2 Å². The SMILES string of the molecule is Cc1ccc(CN(C)C(=O)CSc2nnc(N)s2)o1. The van der Waals surface area contributed by atoms with Gasteiger partial charge < -0.3 is 15.1 Å². The predicted molar refractivity (Wildman–Crippen MR) is 75.0 cm³/mol. The van der Waals surface area contributed by atoms with Gasteiger partial charge in [-0.2, -0.15) is 0 Å². The maximum Gasteiger partial charge on any atom is 0.233 e. The van der Waals surface area contributed by atoms with Crippen LogP contribution in [0.4, 0.5) is 5.13 Å². The van der Waals surface area contributed by atoms with Crippen molar-refractivity contribution in [2.75, 3.05) is 18.5 Å². The maximum absolute atomic E-state index is 11.9. The summed E-state index contributed by atoms with van der Waals surface area (Å²) >= 11 is 2.61. The van der Waals surface area contributed by atoms with E-state index in [2.05, 4.69) is 10.2 Å². The number of nitrogens with zero attached hydrogens (tertiary/aromatic N) is 3. The van der Waals surface area contributed by atoms with Gasteiger partial charge in [-0.15, -0.1) is 10.2 Å². The monoisotopic (exact) mass is 298 g/mol. The summed E-state index contributed by atoms with van der Waals surface area (Å²) in [5.41, 5.74) is 5.47. The number of rotatable bonds is 5. The van der Waals surface area contributed by atoms with E-state index in [-0.39, 0.29) is 5.91 Å². The van der Waals surface area contributed by atoms with E-state index in [0.29, 0.717) is 21.8 Å². The molecule has 0 aromatic carbocycles. The normalized spacial score (nSPS) is 10.6. The molecule has 0 aliphatic rings. The Kier molecular flexibility index (Phi) is 4.43. The van der Waals surface area contributed by atoms with E-state index < -0.39 is 0 Å². The van der Waals surface area contributed by atoms with Crippen LogP contribution < -0.4 is 5.73 Å². The smallest absolute Gasteiger partial charge is 0.233 e. The average Bonchev–Trinajstić information content (AvgIpc) is 2.95. The van der Waals surface area contributed by atoms with E-state index in [1.165, 1.54) is 23.1 Å². The van der Waals surface area contributed by atoms with Gasteiger partial charge in [0.15, 0.2) is 4.34 Å². The second kappa shape index (κ2) is 6.07. The summed E-state index contributed by atoms with van der Waals surface area (Å²) in [5, 5.41) is 7.96. The van der Waals surface area contributed by atoms with Crippen LogP contribution >= 0.6 is 23.1 Å². The summed E-state index contributed by atoms with van der Waals surface area (Å²) in [6.45, 7) is 2.34. The lowest BCUT2D eigenvalue weighted by atomic mass is 10.4. The molecule has 0 atom stereocenters. The first kappa shape index (κ1) is 13.9. The van der Waals surface area contributed by atoms with E-state index >= 15 is 0 Å². The van der Waals surface area contributed by atoms with Crippen LogP contribution in [-0.2, 0) is 11.3 Å². The number of aromatic nitrogens is 2. The van der Waals surface area contributed by atoms with Gasteiger partial charge in [-0.1, -0.05) is 23.1 Å². The van der Waals surface area contributed by atoms with E-state index in [1.807, 2.05) is 19.1 Å². The fourth-order valence-corrected chi connectivity index (χ4v) is 2.98. The molecule has 0 aliphatic heterocycles. The Labute approximate surface area is 119 Å². The Balaban J connectivity index is 1.82. The Morgan fingerprint density at radius 1 is 1.53 bits per heavy atom. The van der Waals surface area contributed by atoms with Crippen LogP contribution in [-0.4, -0.2) is 33.8 Å². The van der Waals surface area contributed by atoms with Crippen LogP contribution in [0.1, 0.15) is 11.5 Å². The molecule has 1 amide bonds. The summed E-state index contributed by atoms with van der Waals surface area (Å²) in [5.74, 6) is 1.94. The van der Waals surface area contributed by atoms with Crippen LogP contribution in [0.15, 0.2) is 20.9 Å². The molecular weight excluding hydrogens is 284 g/mol. The van der Waals surface area contributed by atoms with Gasteiger partial charge >= 0.3 is 0 Å². The first-order valence-corrected chi connectivity index (χ1v) is 7.36. The van der Waals surface area contributed by atoms with Gasteiger partial charge in [0, 0.05) is 7.05 Å². The van der Waals surface area contributed by atoms with Crippen molar-refractivity contribution in [3.63, 3.8) is 0 Å². The van der Waals surface area contributed by atoms with Gasteiger partial charge in [0.1, 0.15) is 11.5 Å². The molecule has 2 N–H and O–H groups in total. The number of hydrogen-bond donors (Lipinski definition) is 1. The number of thioether (sulfide) groups is 1. The van der Waals surface area contributed by atoms with Gasteiger partial charge in [-0.25, -0.2) is 0 Å². The highest BCUT2D eigenvalue weighted by atomic mass is 32.2. The van der Waals surface area contributed by atoms with E-state index in [9.17, 15) is 4.79 Å². The van der Waals surface area contributed by atoms with Crippen LogP contribution in [0.2, 0.25) is 0 Å². The zero-order valence-electron chi connectivity index (χ0n) is 10.6. The van der Waals surface area contributed by atoms with Crippen LogP contribution in [0.3, 0.4) is 0 Å². The van der Waals surface area contributed by atoms with Crippen molar-refractivity contribution < 1.29 is 9.21 Å². The third-order valence-corrected chi connectivity index (χ3v) is 4.23. The molecular formula is C11H14N4O2S2. The summed E-state index contributed by atoms with van der Waals surface area (Å²) in [6, 6.07) is 3.75. The number of nitrogens with two attached hydrogens (primary N) is 1. The van der Waals surface area contributed by atoms with Crippen molar-refractivity contribution in [2.24, 2.45) is 0 Å². The average molecular weight is 298 g/mol. The third kappa shape index (κ3) is 3.97. The summed E-state index contributed by atoms with van der Waals surface area (Å²) in [4.78, 5) is 13.5. The molecule has 0 aliphatic carbocycles. The molecule has 19 heavy (non-hydrogen) atoms. The Morgan fingerprint density at radius 3 is 2.89 bits per heavy atom. The zero-order chi connectivity index (χ0) is 13.8. The first-order chi connectivity index (χ1) is 9.04. The lowest BCUT2D eigenvalue weighted by Gasteiger charge is -2.14. The number of carbonyl (C=O) groups excluding carboxylic acids is 1. The number of anilines is 1. The van der Waals surface area contributed by atoms with Crippen molar-refractivity contribution >= 4 is 34.1 Å². The minimum atomic E-state index is 0.00724. The lowest BCUT2D eigenvalue weighted by Crippen LogP contribution is -2.27. The molecule has 8 heteroatoms. The molecule has 6 nitrogen and oxygen atoms in total. The highest BCUT2D eigenvalue weighted by molar-refractivity contribution is 8.01. The van der Waals surface area contributed by atoms with Gasteiger partial charge in [-0.05, 0) is 19.1 Å². The second-order valence-corrected chi connectivity index (χ2v) is 6.19. The van der Waals surface area contributed by atoms with Crippen molar-refractivity contribution in [1.82, 2.24) is 15.1 Å². The van der Waals surface area contributed by atoms with E-state index in [1.54, 1.807) is 11.9 Å². The van der Waals surface area contributed by atoms with Crippen molar-refractivity contribution in [3.8, 4) is 0 Å². The first-order valence-electron chi connectivity index (χ1n) is 5.55. The maximum atomic E-state index is 11.9. The largest absolute Gasteiger partial charge is 0.464 e. The second-order valence-electron chi connectivity index (χ2n) is 3.96. The standard InChI is InChI=1S/C11H14N4O2S2/c1-7-3-4-8(17-7)5-15(2)9(16)6-18-11-14-13-10(12)19-11/h3-4H,5-6H2,1-2H3,(H2,12,13). The van der Waals surface area contributed by atoms with Crippen molar-refractivity contribution in [2.45, 2.75) is 17.8 Å². The van der Waals surface area contributed by atoms with Crippen LogP contribution in [0, 0.1) is 6.92 Å². The number of aryl methyl sites for hydroxylation is 1. The van der Waals surface area contributed by atoms with Gasteiger partial charge in [0.25, 0.3) is 0 Å². The highest BCUT2D eigenvalue weighted by Crippen LogP contribution is 2.23. The molecule has 2 aromatic heterocycles. The predicted octanol–water partition coefficient (Wildman–Crippen LogP) is 1.77. The minimum Gasteiger partial charge on any atom is -0.464 e. The van der Waals surface area contributed by atoms with Gasteiger partial charge in [0.05, 0.1) is 12.3 Å². The fraction of sp³-hybridized carbons (Fsp3) is 0.364. The Hall–Kier alpha value is -1.54. The lowest BCUT2D eigenvalue weighted by molar-refractivity contribution is -0.127. The molecule has 0 spiro atoms. The minimum absolute atomic E-state index is 0.00724. The summed E-state index contributed by atoms with van der Waals surface area (Å²) in [7, 11) is 1.75. The number of hydrogen-bond acceptors (Lipinski definition) is 7. The van der Waals surface area contributed by atoms with Crippen molar-refractivity contribution in [3.05, 3.63) is 23.7 Å². The quantitative estimate of drug-likeness (QED) is 0.847. The third-order valence-electron chi connectivity index (χ3n) is 2.36. The number of nitrogen functional groups attached to an aromatic ring is 1. The molecule has 0 saturated heterocycles. The van der Waals surface area contributed by atoms with Crippen LogP contribution in [0.5, 0.6) is 0 Å².